The quantitative estimate of drug-likeness (QED) is 0.555. The van der Waals surface area contributed by atoms with Gasteiger partial charge in [0.15, 0.2) is 5.75 Å². The van der Waals surface area contributed by atoms with Gasteiger partial charge < -0.3 is 0 Å². The Morgan fingerprint density at radius 2 is 1.88 bits per heavy atom. The van der Waals surface area contributed by atoms with E-state index < -0.39 is 0 Å². The average Bonchev–Trinajstić information content (AvgIpc) is 2.38. The highest BCUT2D eigenvalue weighted by molar-refractivity contribution is 5.56. The molecule has 0 saturated carbocycles. The summed E-state index contributed by atoms with van der Waals surface area (Å²) in [6, 6.07) is 7.11. The molecule has 0 amide bonds. The van der Waals surface area contributed by atoms with Crippen LogP contribution in [0.1, 0.15) is 51.0 Å². The van der Waals surface area contributed by atoms with Gasteiger partial charge >= 0.3 is 0 Å². The van der Waals surface area contributed by atoms with E-state index in [0.717, 1.165) is 12.0 Å². The van der Waals surface area contributed by atoms with Crippen LogP contribution in [0, 0.1) is 0 Å². The van der Waals surface area contributed by atoms with E-state index >= 15 is 0 Å². The Kier molecular flexibility index (Phi) is 7.12. The standard InChI is InChI=1S/C15H21FO/c1-2-3-4-5-6-7-8-11-14-12-9-10-13-15(14)17-16/h8-13H,2-7H2,1H3. The van der Waals surface area contributed by atoms with Gasteiger partial charge in [0.25, 0.3) is 0 Å². The van der Waals surface area contributed by atoms with Gasteiger partial charge in [-0.25, -0.2) is 0 Å². The summed E-state index contributed by atoms with van der Waals surface area (Å²) in [4.78, 5) is 3.80. The van der Waals surface area contributed by atoms with E-state index in [-0.39, 0.29) is 5.75 Å². The lowest BCUT2D eigenvalue weighted by Gasteiger charge is -1.99. The molecule has 0 saturated heterocycles. The summed E-state index contributed by atoms with van der Waals surface area (Å²) in [6.07, 6.45) is 11.4. The van der Waals surface area contributed by atoms with Crippen molar-refractivity contribution in [2.75, 3.05) is 0 Å². The first kappa shape index (κ1) is 13.8. The van der Waals surface area contributed by atoms with Crippen LogP contribution in [0.5, 0.6) is 5.75 Å². The number of unbranched alkanes of at least 4 members (excludes halogenated alkanes) is 5. The maximum Gasteiger partial charge on any atom is 0.179 e. The molecule has 0 spiro atoms. The van der Waals surface area contributed by atoms with Gasteiger partial charge in [-0.2, -0.15) is 0 Å². The Labute approximate surface area is 103 Å². The second kappa shape index (κ2) is 8.80. The third-order valence-corrected chi connectivity index (χ3v) is 2.77. The molecule has 0 aromatic heterocycles. The summed E-state index contributed by atoms with van der Waals surface area (Å²) in [7, 11) is 0. The van der Waals surface area contributed by atoms with Crippen LogP contribution >= 0.6 is 0 Å². The Balaban J connectivity index is 2.28. The third kappa shape index (κ3) is 5.53. The van der Waals surface area contributed by atoms with Crippen molar-refractivity contribution < 1.29 is 9.47 Å². The molecule has 0 aliphatic carbocycles. The summed E-state index contributed by atoms with van der Waals surface area (Å²) in [6.45, 7) is 2.22. The summed E-state index contributed by atoms with van der Waals surface area (Å²) in [5, 5.41) is 0. The molecule has 94 valence electrons. The predicted octanol–water partition coefficient (Wildman–Crippen LogP) is 5.32. The Hall–Kier alpha value is -1.31. The fraction of sp³-hybridized carbons (Fsp3) is 0.467. The summed E-state index contributed by atoms with van der Waals surface area (Å²) >= 11 is 0. The minimum Gasteiger partial charge on any atom is -0.294 e. The smallest absolute Gasteiger partial charge is 0.179 e. The summed E-state index contributed by atoms with van der Waals surface area (Å²) in [5.74, 6) is 0.287. The molecule has 2 heteroatoms. The van der Waals surface area contributed by atoms with Gasteiger partial charge in [0.1, 0.15) is 0 Å². The Morgan fingerprint density at radius 3 is 2.65 bits per heavy atom. The highest BCUT2D eigenvalue weighted by Gasteiger charge is 1.98. The number of halogens is 1. The minimum absolute atomic E-state index is 0.287. The molecular weight excluding hydrogens is 215 g/mol. The van der Waals surface area contributed by atoms with Gasteiger partial charge in [-0.05, 0) is 18.9 Å². The highest BCUT2D eigenvalue weighted by Crippen LogP contribution is 2.20. The molecule has 0 aliphatic rings. The van der Waals surface area contributed by atoms with Crippen LogP contribution in [0.3, 0.4) is 0 Å². The minimum atomic E-state index is 0.287. The van der Waals surface area contributed by atoms with E-state index in [1.54, 1.807) is 12.1 Å². The van der Waals surface area contributed by atoms with Gasteiger partial charge in [-0.1, -0.05) is 63.0 Å². The molecule has 0 radical (unpaired) electrons. The monoisotopic (exact) mass is 236 g/mol. The lowest BCUT2D eigenvalue weighted by atomic mass is 10.1. The van der Waals surface area contributed by atoms with Crippen LogP contribution in [0.25, 0.3) is 6.08 Å². The number of hydrogen-bond acceptors (Lipinski definition) is 1. The number of benzene rings is 1. The maximum atomic E-state index is 12.2. The van der Waals surface area contributed by atoms with Gasteiger partial charge in [-0.15, -0.1) is 0 Å². The average molecular weight is 236 g/mol. The van der Waals surface area contributed by atoms with Crippen LogP contribution in [-0.2, 0) is 0 Å². The van der Waals surface area contributed by atoms with Crippen molar-refractivity contribution in [2.24, 2.45) is 0 Å². The molecule has 1 rings (SSSR count). The van der Waals surface area contributed by atoms with E-state index in [1.807, 2.05) is 18.2 Å². The maximum absolute atomic E-state index is 12.2. The Morgan fingerprint density at radius 1 is 1.12 bits per heavy atom. The molecule has 0 atom stereocenters. The highest BCUT2D eigenvalue weighted by atomic mass is 19.3. The van der Waals surface area contributed by atoms with Crippen molar-refractivity contribution in [1.29, 1.82) is 0 Å². The zero-order chi connectivity index (χ0) is 12.3. The predicted molar refractivity (Wildman–Crippen MR) is 70.6 cm³/mol. The van der Waals surface area contributed by atoms with Crippen LogP contribution in [-0.4, -0.2) is 0 Å². The van der Waals surface area contributed by atoms with Crippen molar-refractivity contribution >= 4 is 6.08 Å². The zero-order valence-corrected chi connectivity index (χ0v) is 10.5. The van der Waals surface area contributed by atoms with Gasteiger partial charge in [0.05, 0.1) is 0 Å². The fourth-order valence-electron chi connectivity index (χ4n) is 1.76. The number of hydrogen-bond donors (Lipinski definition) is 0. The van der Waals surface area contributed by atoms with Crippen LogP contribution in [0.2, 0.25) is 0 Å². The van der Waals surface area contributed by atoms with Crippen LogP contribution in [0.4, 0.5) is 4.53 Å². The number of rotatable bonds is 8. The topological polar surface area (TPSA) is 9.23 Å². The zero-order valence-electron chi connectivity index (χ0n) is 10.5. The lowest BCUT2D eigenvalue weighted by Crippen LogP contribution is -1.81. The van der Waals surface area contributed by atoms with Crippen molar-refractivity contribution in [3.63, 3.8) is 0 Å². The fourth-order valence-corrected chi connectivity index (χ4v) is 1.76. The van der Waals surface area contributed by atoms with Crippen molar-refractivity contribution in [1.82, 2.24) is 0 Å². The molecule has 0 bridgehead atoms. The van der Waals surface area contributed by atoms with E-state index in [4.69, 9.17) is 0 Å². The molecule has 1 aromatic carbocycles. The molecular formula is C15H21FO. The first-order valence-corrected chi connectivity index (χ1v) is 6.42. The molecule has 1 nitrogen and oxygen atoms in total. The van der Waals surface area contributed by atoms with E-state index in [1.165, 1.54) is 32.1 Å². The summed E-state index contributed by atoms with van der Waals surface area (Å²) in [5.41, 5.74) is 0.795. The van der Waals surface area contributed by atoms with Crippen molar-refractivity contribution in [3.05, 3.63) is 35.9 Å². The second-order valence-corrected chi connectivity index (χ2v) is 4.22. The van der Waals surface area contributed by atoms with Crippen molar-refractivity contribution in [2.45, 2.75) is 45.4 Å². The molecule has 0 heterocycles. The normalized spacial score (nSPS) is 10.9. The van der Waals surface area contributed by atoms with Gasteiger partial charge in [0, 0.05) is 10.1 Å². The second-order valence-electron chi connectivity index (χ2n) is 4.22. The van der Waals surface area contributed by atoms with E-state index in [2.05, 4.69) is 17.9 Å². The van der Waals surface area contributed by atoms with Gasteiger partial charge in [0.2, 0.25) is 0 Å². The molecule has 0 aliphatic heterocycles. The SMILES string of the molecule is CCCCCCCC=Cc1ccccc1OF. The molecule has 0 unspecified atom stereocenters. The number of allylic oxidation sites excluding steroid dienone is 1. The van der Waals surface area contributed by atoms with Crippen LogP contribution < -0.4 is 4.94 Å². The molecule has 0 N–H and O–H groups in total. The number of para-hydroxylation sites is 1. The summed E-state index contributed by atoms with van der Waals surface area (Å²) < 4.78 is 12.2. The first-order chi connectivity index (χ1) is 8.38. The van der Waals surface area contributed by atoms with Gasteiger partial charge in [-0.3, -0.25) is 4.94 Å². The Bertz CT molecular complexity index is 333. The van der Waals surface area contributed by atoms with E-state index in [0.29, 0.717) is 0 Å². The first-order valence-electron chi connectivity index (χ1n) is 6.42. The molecule has 17 heavy (non-hydrogen) atoms. The molecule has 0 fully saturated rings. The third-order valence-electron chi connectivity index (χ3n) is 2.77. The lowest BCUT2D eigenvalue weighted by molar-refractivity contribution is -0.00645. The van der Waals surface area contributed by atoms with Crippen molar-refractivity contribution in [3.8, 4) is 5.75 Å². The van der Waals surface area contributed by atoms with E-state index in [9.17, 15) is 4.53 Å². The molecule has 1 aromatic rings. The largest absolute Gasteiger partial charge is 0.294 e. The van der Waals surface area contributed by atoms with Crippen LogP contribution in [0.15, 0.2) is 30.3 Å².